The lowest BCUT2D eigenvalue weighted by Crippen LogP contribution is -2.52. The molecule has 2 aromatic carbocycles. The Balaban J connectivity index is 1.54. The van der Waals surface area contributed by atoms with E-state index in [2.05, 4.69) is 14.8 Å². The number of piperidine rings is 1. The third kappa shape index (κ3) is 4.77. The van der Waals surface area contributed by atoms with Crippen molar-refractivity contribution >= 4 is 33.4 Å². The van der Waals surface area contributed by atoms with Gasteiger partial charge < -0.3 is 9.64 Å². The molecule has 1 unspecified atom stereocenters. The fraction of sp³-hybridized carbons (Fsp3) is 0.250. The Kier molecular flexibility index (Phi) is 5.52. The Bertz CT molecular complexity index is 1260. The van der Waals surface area contributed by atoms with Crippen LogP contribution in [0.3, 0.4) is 0 Å². The van der Waals surface area contributed by atoms with Crippen LogP contribution in [0.4, 0.5) is 18.9 Å². The summed E-state index contributed by atoms with van der Waals surface area (Å²) < 4.78 is 68.6. The maximum Gasteiger partial charge on any atom is 0.573 e. The summed E-state index contributed by atoms with van der Waals surface area (Å²) in [4.78, 5) is 37.2. The first-order chi connectivity index (χ1) is 15.4. The lowest BCUT2D eigenvalue weighted by Gasteiger charge is -2.29. The normalized spacial score (nSPS) is 18.7. The molecule has 4 rings (SSSR count). The second kappa shape index (κ2) is 8.06. The van der Waals surface area contributed by atoms with E-state index in [9.17, 15) is 36.0 Å². The Morgan fingerprint density at radius 1 is 1.09 bits per heavy atom. The summed E-state index contributed by atoms with van der Waals surface area (Å²) in [5, 5.41) is 2.19. The highest BCUT2D eigenvalue weighted by Gasteiger charge is 2.39. The smallest absolute Gasteiger partial charge is 0.406 e. The third-order valence-corrected chi connectivity index (χ3v) is 6.51. The molecule has 2 aliphatic rings. The lowest BCUT2D eigenvalue weighted by atomic mass is 10.0. The number of fused-ring (bicyclic) bond motifs is 1. The number of imide groups is 1. The molecule has 0 bridgehead atoms. The number of benzene rings is 2. The second-order valence-corrected chi connectivity index (χ2v) is 9.08. The second-order valence-electron chi connectivity index (χ2n) is 7.40. The molecule has 2 aliphatic heterocycles. The van der Waals surface area contributed by atoms with Gasteiger partial charge in [0.25, 0.3) is 15.9 Å². The molecular formula is C20H16F3N3O6S. The summed E-state index contributed by atoms with van der Waals surface area (Å²) in [7, 11) is -4.30. The number of sulfonamides is 1. The molecule has 2 N–H and O–H groups in total. The van der Waals surface area contributed by atoms with E-state index in [1.165, 1.54) is 23.1 Å². The van der Waals surface area contributed by atoms with Crippen LogP contribution in [0.2, 0.25) is 0 Å². The monoisotopic (exact) mass is 483 g/mol. The van der Waals surface area contributed by atoms with Gasteiger partial charge in [-0.25, -0.2) is 8.42 Å². The van der Waals surface area contributed by atoms with E-state index in [1.807, 2.05) is 0 Å². The topological polar surface area (TPSA) is 122 Å². The predicted octanol–water partition coefficient (Wildman–Crippen LogP) is 2.15. The minimum absolute atomic E-state index is 0.00867. The molecule has 9 nitrogen and oxygen atoms in total. The van der Waals surface area contributed by atoms with E-state index >= 15 is 0 Å². The molecule has 0 radical (unpaired) electrons. The Hall–Kier alpha value is -3.61. The predicted molar refractivity (Wildman–Crippen MR) is 106 cm³/mol. The van der Waals surface area contributed by atoms with Crippen LogP contribution in [0.1, 0.15) is 28.8 Å². The zero-order valence-corrected chi connectivity index (χ0v) is 17.5. The molecular weight excluding hydrogens is 467 g/mol. The Labute approximate surface area is 185 Å². The van der Waals surface area contributed by atoms with Crippen molar-refractivity contribution in [1.29, 1.82) is 0 Å². The number of nitrogens with one attached hydrogen (secondary N) is 2. The van der Waals surface area contributed by atoms with Crippen molar-refractivity contribution in [2.75, 3.05) is 4.72 Å². The molecule has 0 spiro atoms. The van der Waals surface area contributed by atoms with Gasteiger partial charge in [-0.05, 0) is 36.2 Å². The number of nitrogens with zero attached hydrogens (tertiary/aromatic N) is 1. The minimum Gasteiger partial charge on any atom is -0.406 e. The van der Waals surface area contributed by atoms with Gasteiger partial charge in [0.05, 0.1) is 4.90 Å². The zero-order chi connectivity index (χ0) is 24.0. The van der Waals surface area contributed by atoms with Gasteiger partial charge in [0, 0.05) is 30.3 Å². The first-order valence-electron chi connectivity index (χ1n) is 9.59. The number of carbonyl (C=O) groups is 3. The van der Waals surface area contributed by atoms with Crippen molar-refractivity contribution in [3.63, 3.8) is 0 Å². The first kappa shape index (κ1) is 22.6. The summed E-state index contributed by atoms with van der Waals surface area (Å²) in [6, 6.07) is 7.25. The van der Waals surface area contributed by atoms with Crippen LogP contribution in [0.5, 0.6) is 5.75 Å². The quantitative estimate of drug-likeness (QED) is 0.629. The first-order valence-corrected chi connectivity index (χ1v) is 11.1. The molecule has 1 saturated heterocycles. The van der Waals surface area contributed by atoms with Gasteiger partial charge in [-0.15, -0.1) is 13.2 Å². The van der Waals surface area contributed by atoms with Crippen LogP contribution in [0.25, 0.3) is 0 Å². The maximum atomic E-state index is 12.8. The van der Waals surface area contributed by atoms with Crippen LogP contribution in [-0.4, -0.2) is 43.4 Å². The number of alkyl halides is 3. The SMILES string of the molecule is O=C1CCC(N2Cc3ccc(NS(=O)(=O)c4cccc(OC(F)(F)F)c4)cc3C2=O)C(=O)N1. The Morgan fingerprint density at radius 3 is 2.55 bits per heavy atom. The van der Waals surface area contributed by atoms with E-state index in [0.29, 0.717) is 5.56 Å². The third-order valence-electron chi connectivity index (χ3n) is 5.13. The molecule has 1 fully saturated rings. The molecule has 3 amide bonds. The summed E-state index contributed by atoms with van der Waals surface area (Å²) >= 11 is 0. The molecule has 2 heterocycles. The van der Waals surface area contributed by atoms with Crippen molar-refractivity contribution < 1.29 is 40.7 Å². The number of anilines is 1. The fourth-order valence-electron chi connectivity index (χ4n) is 3.67. The molecule has 2 aromatic rings. The zero-order valence-electron chi connectivity index (χ0n) is 16.7. The van der Waals surface area contributed by atoms with Gasteiger partial charge in [-0.3, -0.25) is 24.4 Å². The van der Waals surface area contributed by atoms with Crippen molar-refractivity contribution in [2.24, 2.45) is 0 Å². The minimum atomic E-state index is -4.98. The Morgan fingerprint density at radius 2 is 1.85 bits per heavy atom. The van der Waals surface area contributed by atoms with E-state index in [1.54, 1.807) is 0 Å². The van der Waals surface area contributed by atoms with E-state index in [-0.39, 0.29) is 30.6 Å². The fourth-order valence-corrected chi connectivity index (χ4v) is 4.75. The number of hydrogen-bond acceptors (Lipinski definition) is 6. The molecule has 0 aromatic heterocycles. The van der Waals surface area contributed by atoms with Gasteiger partial charge in [0.15, 0.2) is 0 Å². The number of ether oxygens (including phenoxy) is 1. The summed E-state index contributed by atoms with van der Waals surface area (Å²) in [5.74, 6) is -2.19. The van der Waals surface area contributed by atoms with Crippen molar-refractivity contribution in [2.45, 2.75) is 36.7 Å². The van der Waals surface area contributed by atoms with Crippen LogP contribution >= 0.6 is 0 Å². The van der Waals surface area contributed by atoms with E-state index < -0.39 is 50.8 Å². The highest BCUT2D eigenvalue weighted by Crippen LogP contribution is 2.31. The average molecular weight is 483 g/mol. The maximum absolute atomic E-state index is 12.8. The van der Waals surface area contributed by atoms with Crippen LogP contribution in [0, 0.1) is 0 Å². The van der Waals surface area contributed by atoms with E-state index in [4.69, 9.17) is 0 Å². The lowest BCUT2D eigenvalue weighted by molar-refractivity contribution is -0.274. The molecule has 0 saturated carbocycles. The number of carbonyl (C=O) groups excluding carboxylic acids is 3. The van der Waals surface area contributed by atoms with Crippen LogP contribution in [-0.2, 0) is 26.2 Å². The number of halogens is 3. The average Bonchev–Trinajstić information content (AvgIpc) is 3.03. The molecule has 1 atom stereocenters. The number of amides is 3. The molecule has 33 heavy (non-hydrogen) atoms. The molecule has 0 aliphatic carbocycles. The summed E-state index contributed by atoms with van der Waals surface area (Å²) in [5.41, 5.74) is 0.747. The van der Waals surface area contributed by atoms with Crippen molar-refractivity contribution in [1.82, 2.24) is 10.2 Å². The van der Waals surface area contributed by atoms with Crippen LogP contribution < -0.4 is 14.8 Å². The van der Waals surface area contributed by atoms with Gasteiger partial charge in [-0.2, -0.15) is 0 Å². The van der Waals surface area contributed by atoms with Gasteiger partial charge in [0.2, 0.25) is 11.8 Å². The standard InChI is InChI=1S/C20H16F3N3O6S/c21-20(22,23)32-13-2-1-3-14(9-13)33(30,31)25-12-5-4-11-10-26(19(29)15(11)8-12)16-6-7-17(27)24-18(16)28/h1-5,8-9,16,25H,6-7,10H2,(H,24,27,28). The van der Waals surface area contributed by atoms with Crippen molar-refractivity contribution in [3.05, 3.63) is 53.6 Å². The van der Waals surface area contributed by atoms with Gasteiger partial charge >= 0.3 is 6.36 Å². The molecule has 174 valence electrons. The summed E-state index contributed by atoms with van der Waals surface area (Å²) in [6.45, 7) is 0.115. The summed E-state index contributed by atoms with van der Waals surface area (Å²) in [6.07, 6.45) is -4.70. The molecule has 13 heteroatoms. The highest BCUT2D eigenvalue weighted by atomic mass is 32.2. The van der Waals surface area contributed by atoms with Crippen LogP contribution in [0.15, 0.2) is 47.4 Å². The van der Waals surface area contributed by atoms with Gasteiger partial charge in [0.1, 0.15) is 11.8 Å². The van der Waals surface area contributed by atoms with Crippen molar-refractivity contribution in [3.8, 4) is 5.75 Å². The highest BCUT2D eigenvalue weighted by molar-refractivity contribution is 7.92. The van der Waals surface area contributed by atoms with E-state index in [0.717, 1.165) is 24.3 Å². The number of rotatable bonds is 5. The largest absolute Gasteiger partial charge is 0.573 e. The number of hydrogen-bond donors (Lipinski definition) is 2. The van der Waals surface area contributed by atoms with Gasteiger partial charge in [-0.1, -0.05) is 12.1 Å².